The Morgan fingerprint density at radius 1 is 0.814 bits per heavy atom. The van der Waals surface area contributed by atoms with Gasteiger partial charge in [0.15, 0.2) is 0 Å². The van der Waals surface area contributed by atoms with Gasteiger partial charge in [-0.2, -0.15) is 12.6 Å². The summed E-state index contributed by atoms with van der Waals surface area (Å²) in [6.07, 6.45) is 17.1. The van der Waals surface area contributed by atoms with Gasteiger partial charge in [-0.05, 0) is 83.8 Å². The number of carboxylic acid groups (broad SMARTS) is 2. The van der Waals surface area contributed by atoms with E-state index in [0.29, 0.717) is 43.3 Å². The molecule has 308 valence electrons. The van der Waals surface area contributed by atoms with E-state index < -0.39 is 24.0 Å². The number of hydrogen-bond donors (Lipinski definition) is 3. The number of amides is 1. The molecule has 0 bridgehead atoms. The van der Waals surface area contributed by atoms with Gasteiger partial charge in [-0.25, -0.2) is 0 Å². The van der Waals surface area contributed by atoms with Gasteiger partial charge in [0.2, 0.25) is 0 Å². The molecule has 7 rings (SSSR count). The number of carbonyl (C=O) groups is 3. The van der Waals surface area contributed by atoms with Crippen molar-refractivity contribution in [1.82, 2.24) is 9.47 Å². The second-order valence-electron chi connectivity index (χ2n) is 15.4. The molecule has 1 saturated carbocycles. The fourth-order valence-electron chi connectivity index (χ4n) is 8.42. The number of aliphatic carboxylic acids is 2. The highest BCUT2D eigenvalue weighted by atomic mass is 32.2. The highest BCUT2D eigenvalue weighted by Crippen LogP contribution is 2.52. The van der Waals surface area contributed by atoms with E-state index >= 15 is 0 Å². The molecule has 0 radical (unpaired) electrons. The molecular weight excluding hydrogens is 819 g/mol. The zero-order valence-electron chi connectivity index (χ0n) is 32.9. The molecule has 3 aromatic carbocycles. The average Bonchev–Trinajstić information content (AvgIpc) is 3.97. The summed E-state index contributed by atoms with van der Waals surface area (Å²) in [5.41, 5.74) is 7.46. The number of hydrogen-bond acceptors (Lipinski definition) is 9. The van der Waals surface area contributed by atoms with Crippen LogP contribution in [0.4, 0.5) is 11.4 Å². The van der Waals surface area contributed by atoms with Gasteiger partial charge in [-0.1, -0.05) is 124 Å². The van der Waals surface area contributed by atoms with Crippen LogP contribution < -0.4 is 19.7 Å². The molecule has 3 aliphatic rings. The van der Waals surface area contributed by atoms with Crippen molar-refractivity contribution in [3.8, 4) is 0 Å². The quantitative estimate of drug-likeness (QED) is 0.0390. The number of thioether (sulfide) groups is 1. The molecule has 2 unspecified atom stereocenters. The Morgan fingerprint density at radius 3 is 2.12 bits per heavy atom. The minimum Gasteiger partial charge on any atom is -0.481 e. The van der Waals surface area contributed by atoms with Gasteiger partial charge in [-0.15, -0.1) is 11.3 Å². The van der Waals surface area contributed by atoms with Gasteiger partial charge >= 0.3 is 11.9 Å². The molecule has 3 heterocycles. The molecule has 1 saturated heterocycles. The zero-order valence-corrected chi connectivity index (χ0v) is 36.2. The second kappa shape index (κ2) is 19.8. The fourth-order valence-corrected chi connectivity index (χ4v) is 11.2. The molecule has 59 heavy (non-hydrogen) atoms. The summed E-state index contributed by atoms with van der Waals surface area (Å²) in [6.45, 7) is -0.0954. The van der Waals surface area contributed by atoms with Crippen LogP contribution in [0.2, 0.25) is 0 Å². The van der Waals surface area contributed by atoms with Gasteiger partial charge in [-0.3, -0.25) is 28.6 Å². The van der Waals surface area contributed by atoms with Gasteiger partial charge in [0.25, 0.3) is 11.5 Å². The predicted molar refractivity (Wildman–Crippen MR) is 247 cm³/mol. The maximum Gasteiger partial charge on any atom is 0.323 e. The summed E-state index contributed by atoms with van der Waals surface area (Å²) in [4.78, 5) is 54.5. The Balaban J connectivity index is 1.07. The lowest BCUT2D eigenvalue weighted by Crippen LogP contribution is -2.35. The van der Waals surface area contributed by atoms with E-state index in [1.165, 1.54) is 21.4 Å². The lowest BCUT2D eigenvalue weighted by atomic mass is 9.96. The third-order valence-corrected chi connectivity index (χ3v) is 14.5. The van der Waals surface area contributed by atoms with Crippen LogP contribution in [0.15, 0.2) is 71.5 Å². The Kier molecular flexibility index (Phi) is 14.3. The molecule has 4 aromatic rings. The highest BCUT2D eigenvalue weighted by molar-refractivity contribution is 8.30. The van der Waals surface area contributed by atoms with Crippen molar-refractivity contribution in [2.24, 2.45) is 0 Å². The number of rotatable bonds is 18. The van der Waals surface area contributed by atoms with Gasteiger partial charge in [0, 0.05) is 42.1 Å². The summed E-state index contributed by atoms with van der Waals surface area (Å²) >= 11 is 12.2. The van der Waals surface area contributed by atoms with Gasteiger partial charge in [0.1, 0.15) is 20.4 Å². The third-order valence-electron chi connectivity index (χ3n) is 11.4. The van der Waals surface area contributed by atoms with Crippen LogP contribution in [0, 0.1) is 0 Å². The maximum absolute atomic E-state index is 13.8. The summed E-state index contributed by atoms with van der Waals surface area (Å²) in [5, 5.41) is 18.6. The zero-order chi connectivity index (χ0) is 41.5. The minimum atomic E-state index is -1.16. The minimum absolute atomic E-state index is 0.220. The van der Waals surface area contributed by atoms with E-state index in [1.54, 1.807) is 4.90 Å². The average molecular weight is 868 g/mol. The number of carboxylic acids is 2. The van der Waals surface area contributed by atoms with E-state index in [-0.39, 0.29) is 12.3 Å². The van der Waals surface area contributed by atoms with Crippen LogP contribution in [0.1, 0.15) is 111 Å². The van der Waals surface area contributed by atoms with Gasteiger partial charge < -0.3 is 15.1 Å². The number of thiazole rings is 1. The molecule has 2 fully saturated rings. The first-order valence-corrected chi connectivity index (χ1v) is 23.1. The number of carbonyl (C=O) groups excluding carboxylic acids is 1. The fraction of sp³-hybridized carbons (Fsp3) is 0.370. The van der Waals surface area contributed by atoms with Crippen molar-refractivity contribution in [3.63, 3.8) is 0 Å². The van der Waals surface area contributed by atoms with E-state index in [0.717, 1.165) is 115 Å². The van der Waals surface area contributed by atoms with Crippen LogP contribution in [0.5, 0.6) is 0 Å². The van der Waals surface area contributed by atoms with E-state index in [1.807, 2.05) is 12.1 Å². The summed E-state index contributed by atoms with van der Waals surface area (Å²) in [7, 11) is 0. The molecule has 1 amide bonds. The molecule has 9 nitrogen and oxygen atoms in total. The SMILES string of the molecule is O=C(O)CCCCCCCCCCN1C(=O)/C(=c2\s/c(=C\c3ccc4c(c3)C3CCCC3N4c3ccc(C=Cc4ccc(CS)cc4)cc3)c(=O)n2CC(=O)O)SC1=S. The van der Waals surface area contributed by atoms with E-state index in [2.05, 4.69) is 90.3 Å². The smallest absolute Gasteiger partial charge is 0.323 e. The number of thiocarbonyl (C=S) groups is 1. The number of unbranched alkanes of at least 4 members (excludes halogenated alkanes) is 7. The summed E-state index contributed by atoms with van der Waals surface area (Å²) in [6, 6.07) is 23.8. The van der Waals surface area contributed by atoms with Crippen molar-refractivity contribution in [3.05, 3.63) is 114 Å². The van der Waals surface area contributed by atoms with Crippen LogP contribution in [-0.4, -0.2) is 54.4 Å². The Bertz CT molecular complexity index is 2420. The molecule has 1 aromatic heterocycles. The summed E-state index contributed by atoms with van der Waals surface area (Å²) < 4.78 is 2.29. The highest BCUT2D eigenvalue weighted by Gasteiger charge is 2.42. The van der Waals surface area contributed by atoms with Crippen molar-refractivity contribution in [1.29, 1.82) is 0 Å². The van der Waals surface area contributed by atoms with Crippen LogP contribution >= 0.6 is 47.9 Å². The number of anilines is 2. The summed E-state index contributed by atoms with van der Waals surface area (Å²) in [5.74, 6) is -1.12. The maximum atomic E-state index is 13.8. The number of nitrogens with zero attached hydrogens (tertiary/aromatic N) is 3. The van der Waals surface area contributed by atoms with Crippen LogP contribution in [-0.2, 0) is 26.7 Å². The monoisotopic (exact) mass is 867 g/mol. The first kappa shape index (κ1) is 42.7. The van der Waals surface area contributed by atoms with Crippen LogP contribution in [0.25, 0.3) is 23.1 Å². The lowest BCUT2D eigenvalue weighted by molar-refractivity contribution is -0.138. The predicted octanol–water partition coefficient (Wildman–Crippen LogP) is 8.78. The lowest BCUT2D eigenvalue weighted by Gasteiger charge is -2.27. The van der Waals surface area contributed by atoms with Gasteiger partial charge in [0.05, 0.1) is 4.53 Å². The normalized spacial score (nSPS) is 18.7. The van der Waals surface area contributed by atoms with Crippen molar-refractivity contribution in [2.75, 3.05) is 11.4 Å². The van der Waals surface area contributed by atoms with Crippen LogP contribution in [0.3, 0.4) is 0 Å². The molecule has 13 heteroatoms. The largest absolute Gasteiger partial charge is 0.481 e. The first-order chi connectivity index (χ1) is 28.6. The first-order valence-electron chi connectivity index (χ1n) is 20.5. The number of thiol groups is 1. The molecule has 2 aliphatic heterocycles. The Labute approximate surface area is 363 Å². The van der Waals surface area contributed by atoms with Crippen molar-refractivity contribution in [2.45, 2.75) is 101 Å². The van der Waals surface area contributed by atoms with E-state index in [9.17, 15) is 24.3 Å². The number of fused-ring (bicyclic) bond motifs is 3. The third kappa shape index (κ3) is 10.1. The van der Waals surface area contributed by atoms with Crippen molar-refractivity contribution < 1.29 is 24.6 Å². The van der Waals surface area contributed by atoms with E-state index in [4.69, 9.17) is 17.3 Å². The Hall–Kier alpha value is -4.43. The topological polar surface area (TPSA) is 120 Å². The van der Waals surface area contributed by atoms with Crippen molar-refractivity contribution >= 4 is 105 Å². The number of benzene rings is 3. The standard InChI is InChI=1S/C46H49N3O6S4/c50-40(51)12-7-5-3-1-2-4-6-8-25-47-44(55)42(59-46(47)57)45-48(28-41(52)53)43(54)39(58-45)27-33-21-24-38-36(26-33)35-10-9-11-37(35)49(38)34-22-19-31(20-23-34)14-13-30-15-17-32(29-56)18-16-30/h13-24,26-27,35,37,56H,1-12,25,28-29H2,(H,50,51)(H,52,53)/b14-13?,39-27-,45-42+. The Morgan fingerprint density at radius 2 is 1.46 bits per heavy atom. The molecular formula is C46H49N3O6S4. The molecule has 0 spiro atoms. The molecule has 1 aliphatic carbocycles. The molecule has 2 atom stereocenters. The molecule has 2 N–H and O–H groups in total. The second-order valence-corrected chi connectivity index (χ2v) is 18.4. The number of aromatic nitrogens is 1.